The molecule has 0 unspecified atom stereocenters. The standard InChI is InChI=1S/C24H24F7NO5/c1-5-36-18(34)11-16(32-21(35)37-22(2,3)4)13-9-12(10-15(20(13)25)24(29,30)31)19-14(23(26,27)28)7-6-8-17(19)33/h6-10,16,33H,5,11H2,1-4H3,(H,32,35)/t16-/m0/s1. The minimum atomic E-state index is -5.39. The third kappa shape index (κ3) is 7.73. The van der Waals surface area contributed by atoms with E-state index in [2.05, 4.69) is 5.32 Å². The molecule has 0 aliphatic rings. The van der Waals surface area contributed by atoms with Crippen molar-refractivity contribution in [2.75, 3.05) is 6.61 Å². The Labute approximate surface area is 207 Å². The van der Waals surface area contributed by atoms with E-state index in [4.69, 9.17) is 9.47 Å². The molecule has 0 aliphatic carbocycles. The summed E-state index contributed by atoms with van der Waals surface area (Å²) in [5, 5.41) is 12.2. The average molecular weight is 539 g/mol. The number of carbonyl (C=O) groups is 2. The van der Waals surface area contributed by atoms with Crippen LogP contribution in [0.15, 0.2) is 30.3 Å². The average Bonchev–Trinajstić information content (AvgIpc) is 2.70. The number of halogens is 7. The van der Waals surface area contributed by atoms with Crippen LogP contribution in [0.4, 0.5) is 35.5 Å². The lowest BCUT2D eigenvalue weighted by molar-refractivity contribution is -0.143. The molecule has 0 aromatic heterocycles. The number of hydrogen-bond donors (Lipinski definition) is 2. The fourth-order valence-electron chi connectivity index (χ4n) is 3.41. The molecule has 0 radical (unpaired) electrons. The second kappa shape index (κ2) is 10.9. The Bertz CT molecular complexity index is 1150. The van der Waals surface area contributed by atoms with Gasteiger partial charge in [-0.05, 0) is 57.5 Å². The molecule has 204 valence electrons. The number of hydrogen-bond acceptors (Lipinski definition) is 5. The van der Waals surface area contributed by atoms with Crippen molar-refractivity contribution in [2.24, 2.45) is 0 Å². The van der Waals surface area contributed by atoms with Gasteiger partial charge in [-0.25, -0.2) is 9.18 Å². The van der Waals surface area contributed by atoms with Crippen molar-refractivity contribution in [1.29, 1.82) is 0 Å². The zero-order valence-electron chi connectivity index (χ0n) is 20.1. The molecular weight excluding hydrogens is 515 g/mol. The maximum Gasteiger partial charge on any atom is 0.419 e. The lowest BCUT2D eigenvalue weighted by Crippen LogP contribution is -2.36. The number of aromatic hydroxyl groups is 1. The fraction of sp³-hybridized carbons (Fsp3) is 0.417. The Balaban J connectivity index is 2.83. The van der Waals surface area contributed by atoms with Crippen molar-refractivity contribution in [3.8, 4) is 16.9 Å². The van der Waals surface area contributed by atoms with Gasteiger partial charge < -0.3 is 19.9 Å². The zero-order valence-corrected chi connectivity index (χ0v) is 20.1. The molecule has 2 rings (SSSR count). The maximum atomic E-state index is 15.2. The minimum absolute atomic E-state index is 0.109. The van der Waals surface area contributed by atoms with Crippen LogP contribution in [0.1, 0.15) is 56.8 Å². The highest BCUT2D eigenvalue weighted by Gasteiger charge is 2.40. The van der Waals surface area contributed by atoms with E-state index in [1.807, 2.05) is 0 Å². The van der Waals surface area contributed by atoms with Crippen LogP contribution in [0.3, 0.4) is 0 Å². The monoisotopic (exact) mass is 539 g/mol. The van der Waals surface area contributed by atoms with Gasteiger partial charge in [-0.2, -0.15) is 26.3 Å². The Hall–Kier alpha value is -3.51. The highest BCUT2D eigenvalue weighted by Crippen LogP contribution is 2.45. The first-order chi connectivity index (χ1) is 16.8. The SMILES string of the molecule is CCOC(=O)C[C@H](NC(=O)OC(C)(C)C)c1cc(-c2c(O)cccc2C(F)(F)F)cc(C(F)(F)F)c1F. The summed E-state index contributed by atoms with van der Waals surface area (Å²) in [6, 6.07) is 1.05. The molecule has 0 saturated carbocycles. The van der Waals surface area contributed by atoms with Gasteiger partial charge in [-0.15, -0.1) is 0 Å². The summed E-state index contributed by atoms with van der Waals surface area (Å²) in [6.45, 7) is 5.67. The molecule has 6 nitrogen and oxygen atoms in total. The predicted molar refractivity (Wildman–Crippen MR) is 117 cm³/mol. The number of ether oxygens (including phenoxy) is 2. The van der Waals surface area contributed by atoms with E-state index >= 15 is 4.39 Å². The summed E-state index contributed by atoms with van der Waals surface area (Å²) in [4.78, 5) is 24.5. The van der Waals surface area contributed by atoms with E-state index in [1.54, 1.807) is 0 Å². The number of nitrogens with one attached hydrogen (secondary N) is 1. The number of rotatable bonds is 6. The summed E-state index contributed by atoms with van der Waals surface area (Å²) < 4.78 is 107. The molecule has 0 heterocycles. The van der Waals surface area contributed by atoms with Crippen LogP contribution in [0.5, 0.6) is 5.75 Å². The van der Waals surface area contributed by atoms with E-state index in [-0.39, 0.29) is 12.7 Å². The van der Waals surface area contributed by atoms with Crippen molar-refractivity contribution < 1.29 is 54.9 Å². The minimum Gasteiger partial charge on any atom is -0.507 e. The third-order valence-corrected chi connectivity index (χ3v) is 4.79. The predicted octanol–water partition coefficient (Wildman–Crippen LogP) is 6.75. The molecular formula is C24H24F7NO5. The van der Waals surface area contributed by atoms with Gasteiger partial charge in [0.1, 0.15) is 17.2 Å². The molecule has 13 heteroatoms. The number of carbonyl (C=O) groups excluding carboxylic acids is 2. The van der Waals surface area contributed by atoms with Crippen molar-refractivity contribution in [2.45, 2.75) is 58.1 Å². The summed E-state index contributed by atoms with van der Waals surface area (Å²) >= 11 is 0. The van der Waals surface area contributed by atoms with Crippen LogP contribution < -0.4 is 5.32 Å². The zero-order chi connectivity index (χ0) is 28.3. The van der Waals surface area contributed by atoms with Crippen molar-refractivity contribution in [3.05, 3.63) is 52.8 Å². The first kappa shape index (κ1) is 29.7. The number of amides is 1. The fourth-order valence-corrected chi connectivity index (χ4v) is 3.41. The van der Waals surface area contributed by atoms with Gasteiger partial charge in [0, 0.05) is 11.1 Å². The highest BCUT2D eigenvalue weighted by molar-refractivity contribution is 5.77. The van der Waals surface area contributed by atoms with Gasteiger partial charge >= 0.3 is 24.4 Å². The molecule has 0 spiro atoms. The molecule has 2 aromatic rings. The summed E-state index contributed by atoms with van der Waals surface area (Å²) in [7, 11) is 0. The quantitative estimate of drug-likeness (QED) is 0.313. The Morgan fingerprint density at radius 2 is 1.59 bits per heavy atom. The van der Waals surface area contributed by atoms with Crippen LogP contribution >= 0.6 is 0 Å². The Morgan fingerprint density at radius 3 is 2.11 bits per heavy atom. The molecule has 1 atom stereocenters. The Kier molecular flexibility index (Phi) is 8.72. The molecule has 1 amide bonds. The normalized spacial score (nSPS) is 13.2. The number of esters is 1. The summed E-state index contributed by atoms with van der Waals surface area (Å²) in [5.41, 5.74) is -7.42. The maximum absolute atomic E-state index is 15.2. The first-order valence-corrected chi connectivity index (χ1v) is 10.8. The van der Waals surface area contributed by atoms with E-state index in [0.717, 1.165) is 12.1 Å². The van der Waals surface area contributed by atoms with Gasteiger partial charge in [0.2, 0.25) is 0 Å². The third-order valence-electron chi connectivity index (χ3n) is 4.79. The number of phenolic OH excluding ortho intramolecular Hbond substituents is 1. The second-order valence-corrected chi connectivity index (χ2v) is 8.83. The number of alkyl carbamates (subject to hydrolysis) is 1. The smallest absolute Gasteiger partial charge is 0.419 e. The van der Waals surface area contributed by atoms with E-state index in [9.17, 15) is 41.0 Å². The van der Waals surface area contributed by atoms with E-state index < -0.39 is 81.9 Å². The van der Waals surface area contributed by atoms with E-state index in [0.29, 0.717) is 12.1 Å². The van der Waals surface area contributed by atoms with Crippen LogP contribution in [-0.2, 0) is 26.6 Å². The number of alkyl halides is 6. The second-order valence-electron chi connectivity index (χ2n) is 8.83. The van der Waals surface area contributed by atoms with Crippen molar-refractivity contribution in [1.82, 2.24) is 5.32 Å². The van der Waals surface area contributed by atoms with Gasteiger partial charge in [0.25, 0.3) is 0 Å². The van der Waals surface area contributed by atoms with Crippen LogP contribution in [0.2, 0.25) is 0 Å². The molecule has 2 aromatic carbocycles. The molecule has 0 aliphatic heterocycles. The molecule has 37 heavy (non-hydrogen) atoms. The highest BCUT2D eigenvalue weighted by atomic mass is 19.4. The van der Waals surface area contributed by atoms with Crippen LogP contribution in [0.25, 0.3) is 11.1 Å². The topological polar surface area (TPSA) is 84.9 Å². The Morgan fingerprint density at radius 1 is 1.00 bits per heavy atom. The molecule has 0 saturated heterocycles. The lowest BCUT2D eigenvalue weighted by atomic mass is 9.91. The summed E-state index contributed by atoms with van der Waals surface area (Å²) in [6.07, 6.45) is -12.6. The largest absolute Gasteiger partial charge is 0.507 e. The lowest BCUT2D eigenvalue weighted by Gasteiger charge is -2.25. The molecule has 0 fully saturated rings. The molecule has 0 bridgehead atoms. The van der Waals surface area contributed by atoms with Crippen LogP contribution in [-0.4, -0.2) is 29.4 Å². The molecule has 2 N–H and O–H groups in total. The van der Waals surface area contributed by atoms with Gasteiger partial charge in [0.15, 0.2) is 0 Å². The van der Waals surface area contributed by atoms with Gasteiger partial charge in [-0.3, -0.25) is 4.79 Å². The van der Waals surface area contributed by atoms with Crippen molar-refractivity contribution >= 4 is 12.1 Å². The van der Waals surface area contributed by atoms with E-state index in [1.165, 1.54) is 27.7 Å². The number of benzene rings is 2. The first-order valence-electron chi connectivity index (χ1n) is 10.8. The summed E-state index contributed by atoms with van der Waals surface area (Å²) in [5.74, 6) is -4.01. The van der Waals surface area contributed by atoms with Crippen molar-refractivity contribution in [3.63, 3.8) is 0 Å². The van der Waals surface area contributed by atoms with Crippen LogP contribution in [0, 0.1) is 5.82 Å². The van der Waals surface area contributed by atoms with Gasteiger partial charge in [-0.1, -0.05) is 6.07 Å². The number of phenols is 1. The van der Waals surface area contributed by atoms with Gasteiger partial charge in [0.05, 0.1) is 30.2 Å².